The first-order chi connectivity index (χ1) is 12.3. The van der Waals surface area contributed by atoms with E-state index in [2.05, 4.69) is 34.6 Å². The minimum absolute atomic E-state index is 0.00118. The van der Waals surface area contributed by atoms with Crippen LogP contribution in [0.1, 0.15) is 22.8 Å². The van der Waals surface area contributed by atoms with Gasteiger partial charge in [-0.15, -0.1) is 0 Å². The average molecular weight is 336 g/mol. The van der Waals surface area contributed by atoms with E-state index in [0.29, 0.717) is 0 Å². The second kappa shape index (κ2) is 6.41. The summed E-state index contributed by atoms with van der Waals surface area (Å²) in [6, 6.07) is 16.3. The molecule has 0 radical (unpaired) electrons. The van der Waals surface area contributed by atoms with Crippen molar-refractivity contribution in [3.05, 3.63) is 71.6 Å². The molecule has 0 unspecified atom stereocenters. The standard InChI is InChI=1S/C19H16N2O4/c22-10-12-9-20-18(25-12)21-19(23)24-11-17-15-7-3-1-5-13(15)14-6-2-4-8-16(14)17/h1-9,17,22H,10-11H2,(H,20,21,23). The number of oxazole rings is 1. The summed E-state index contributed by atoms with van der Waals surface area (Å²) in [5, 5.41) is 11.4. The summed E-state index contributed by atoms with van der Waals surface area (Å²) in [7, 11) is 0. The highest BCUT2D eigenvalue weighted by Gasteiger charge is 2.29. The number of hydrogen-bond acceptors (Lipinski definition) is 5. The number of aliphatic hydroxyl groups excluding tert-OH is 1. The van der Waals surface area contributed by atoms with E-state index in [1.807, 2.05) is 24.3 Å². The third kappa shape index (κ3) is 2.88. The molecule has 2 N–H and O–H groups in total. The number of anilines is 1. The van der Waals surface area contributed by atoms with Gasteiger partial charge in [-0.1, -0.05) is 48.5 Å². The molecule has 6 heteroatoms. The van der Waals surface area contributed by atoms with Gasteiger partial charge >= 0.3 is 12.1 Å². The van der Waals surface area contributed by atoms with E-state index in [4.69, 9.17) is 14.3 Å². The Hall–Kier alpha value is -3.12. The van der Waals surface area contributed by atoms with Gasteiger partial charge in [0.15, 0.2) is 5.76 Å². The van der Waals surface area contributed by atoms with Crippen LogP contribution in [0.4, 0.5) is 10.8 Å². The van der Waals surface area contributed by atoms with Gasteiger partial charge in [0.2, 0.25) is 0 Å². The lowest BCUT2D eigenvalue weighted by Gasteiger charge is -2.13. The maximum atomic E-state index is 12.0. The predicted molar refractivity (Wildman–Crippen MR) is 91.1 cm³/mol. The van der Waals surface area contributed by atoms with Crippen molar-refractivity contribution in [2.24, 2.45) is 0 Å². The van der Waals surface area contributed by atoms with E-state index in [0.717, 1.165) is 11.1 Å². The molecule has 1 heterocycles. The number of nitrogens with zero attached hydrogens (tertiary/aromatic N) is 1. The lowest BCUT2D eigenvalue weighted by Crippen LogP contribution is -2.18. The summed E-state index contributed by atoms with van der Waals surface area (Å²) in [4.78, 5) is 15.8. The molecule has 1 amide bonds. The lowest BCUT2D eigenvalue weighted by atomic mass is 9.98. The fraction of sp³-hybridized carbons (Fsp3) is 0.158. The molecule has 3 aromatic rings. The summed E-state index contributed by atoms with van der Waals surface area (Å²) in [5.41, 5.74) is 4.64. The third-order valence-electron chi connectivity index (χ3n) is 4.26. The van der Waals surface area contributed by atoms with E-state index in [-0.39, 0.29) is 30.9 Å². The summed E-state index contributed by atoms with van der Waals surface area (Å²) in [5.74, 6) is 0.268. The Morgan fingerprint density at radius 3 is 2.36 bits per heavy atom. The number of nitrogens with one attached hydrogen (secondary N) is 1. The molecule has 0 saturated carbocycles. The zero-order chi connectivity index (χ0) is 17.2. The number of fused-ring (bicyclic) bond motifs is 3. The Bertz CT molecular complexity index is 874. The monoisotopic (exact) mass is 336 g/mol. The van der Waals surface area contributed by atoms with Gasteiger partial charge in [0.05, 0.1) is 6.20 Å². The maximum Gasteiger partial charge on any atom is 0.415 e. The van der Waals surface area contributed by atoms with Crippen LogP contribution in [0, 0.1) is 0 Å². The third-order valence-corrected chi connectivity index (χ3v) is 4.26. The van der Waals surface area contributed by atoms with Gasteiger partial charge in [-0.25, -0.2) is 15.1 Å². The number of amides is 1. The van der Waals surface area contributed by atoms with Crippen molar-refractivity contribution in [2.45, 2.75) is 12.5 Å². The van der Waals surface area contributed by atoms with Crippen molar-refractivity contribution in [1.29, 1.82) is 0 Å². The normalized spacial score (nSPS) is 12.5. The molecule has 126 valence electrons. The Balaban J connectivity index is 1.48. The molecule has 0 bridgehead atoms. The summed E-state index contributed by atoms with van der Waals surface area (Å²) >= 11 is 0. The number of carbonyl (C=O) groups excluding carboxylic acids is 1. The highest BCUT2D eigenvalue weighted by Crippen LogP contribution is 2.44. The fourth-order valence-corrected chi connectivity index (χ4v) is 3.16. The molecule has 25 heavy (non-hydrogen) atoms. The van der Waals surface area contributed by atoms with E-state index in [1.54, 1.807) is 0 Å². The Kier molecular flexibility index (Phi) is 3.95. The molecule has 0 spiro atoms. The minimum Gasteiger partial charge on any atom is -0.448 e. The second-order valence-corrected chi connectivity index (χ2v) is 5.74. The first-order valence-corrected chi connectivity index (χ1v) is 7.94. The highest BCUT2D eigenvalue weighted by molar-refractivity contribution is 5.82. The van der Waals surface area contributed by atoms with Gasteiger partial charge < -0.3 is 14.3 Å². The summed E-state index contributed by atoms with van der Waals surface area (Å²) in [6.07, 6.45) is 0.701. The number of aliphatic hydroxyl groups is 1. The Morgan fingerprint density at radius 1 is 1.12 bits per heavy atom. The van der Waals surface area contributed by atoms with Gasteiger partial charge in [-0.3, -0.25) is 0 Å². The van der Waals surface area contributed by atoms with Crippen molar-refractivity contribution in [3.8, 4) is 11.1 Å². The van der Waals surface area contributed by atoms with Crippen LogP contribution in [0.25, 0.3) is 11.1 Å². The molecular weight excluding hydrogens is 320 g/mol. The van der Waals surface area contributed by atoms with E-state index < -0.39 is 6.09 Å². The predicted octanol–water partition coefficient (Wildman–Crippen LogP) is 3.53. The van der Waals surface area contributed by atoms with E-state index in [9.17, 15) is 4.79 Å². The van der Waals surface area contributed by atoms with Crippen LogP contribution >= 0.6 is 0 Å². The van der Waals surface area contributed by atoms with Crippen LogP contribution < -0.4 is 5.32 Å². The van der Waals surface area contributed by atoms with Crippen LogP contribution in [-0.4, -0.2) is 22.8 Å². The van der Waals surface area contributed by atoms with Gasteiger partial charge in [-0.2, -0.15) is 0 Å². The van der Waals surface area contributed by atoms with Crippen LogP contribution in [0.3, 0.4) is 0 Å². The molecule has 0 atom stereocenters. The SMILES string of the molecule is O=C(Nc1ncc(CO)o1)OCC1c2ccccc2-c2ccccc21. The molecule has 0 saturated heterocycles. The highest BCUT2D eigenvalue weighted by atomic mass is 16.6. The number of ether oxygens (including phenoxy) is 1. The van der Waals surface area contributed by atoms with E-state index >= 15 is 0 Å². The molecule has 6 nitrogen and oxygen atoms in total. The Morgan fingerprint density at radius 2 is 1.76 bits per heavy atom. The largest absolute Gasteiger partial charge is 0.448 e. The fourth-order valence-electron chi connectivity index (χ4n) is 3.16. The van der Waals surface area contributed by atoms with Crippen LogP contribution in [-0.2, 0) is 11.3 Å². The first-order valence-electron chi connectivity index (χ1n) is 7.94. The molecule has 1 aliphatic carbocycles. The molecule has 2 aromatic carbocycles. The smallest absolute Gasteiger partial charge is 0.415 e. The van der Waals surface area contributed by atoms with E-state index in [1.165, 1.54) is 17.3 Å². The minimum atomic E-state index is -0.645. The van der Waals surface area contributed by atoms with Crippen molar-refractivity contribution in [1.82, 2.24) is 4.98 Å². The van der Waals surface area contributed by atoms with Gasteiger partial charge in [0, 0.05) is 5.92 Å². The number of rotatable bonds is 4. The molecule has 0 fully saturated rings. The molecular formula is C19H16N2O4. The van der Waals surface area contributed by atoms with Gasteiger partial charge in [0.1, 0.15) is 13.2 Å². The molecule has 0 aliphatic heterocycles. The number of hydrogen-bond donors (Lipinski definition) is 2. The number of carbonyl (C=O) groups is 1. The van der Waals surface area contributed by atoms with Crippen molar-refractivity contribution >= 4 is 12.1 Å². The molecule has 1 aromatic heterocycles. The van der Waals surface area contributed by atoms with Gasteiger partial charge in [0.25, 0.3) is 0 Å². The van der Waals surface area contributed by atoms with Crippen LogP contribution in [0.5, 0.6) is 0 Å². The lowest BCUT2D eigenvalue weighted by molar-refractivity contribution is 0.157. The molecule has 4 rings (SSSR count). The van der Waals surface area contributed by atoms with Crippen LogP contribution in [0.15, 0.2) is 59.1 Å². The maximum absolute atomic E-state index is 12.0. The topological polar surface area (TPSA) is 84.6 Å². The quantitative estimate of drug-likeness (QED) is 0.761. The first kappa shape index (κ1) is 15.4. The second-order valence-electron chi connectivity index (χ2n) is 5.74. The molecule has 1 aliphatic rings. The number of aromatic nitrogens is 1. The van der Waals surface area contributed by atoms with Crippen molar-refractivity contribution < 1.29 is 19.1 Å². The van der Waals surface area contributed by atoms with Crippen LogP contribution in [0.2, 0.25) is 0 Å². The van der Waals surface area contributed by atoms with Crippen molar-refractivity contribution in [3.63, 3.8) is 0 Å². The number of benzene rings is 2. The summed E-state index contributed by atoms with van der Waals surface area (Å²) in [6.45, 7) is -0.0627. The zero-order valence-electron chi connectivity index (χ0n) is 13.3. The average Bonchev–Trinajstić information content (AvgIpc) is 3.22. The van der Waals surface area contributed by atoms with Crippen molar-refractivity contribution in [2.75, 3.05) is 11.9 Å². The zero-order valence-corrected chi connectivity index (χ0v) is 13.3. The summed E-state index contributed by atoms with van der Waals surface area (Å²) < 4.78 is 10.5. The Labute approximate surface area is 144 Å². The van der Waals surface area contributed by atoms with Gasteiger partial charge in [-0.05, 0) is 22.3 Å².